The SMILES string of the molecule is CC(CNC(=O)C(C)(C)CCl)Oc1ccccc1C(C)(C)C. The molecule has 1 atom stereocenters. The summed E-state index contributed by atoms with van der Waals surface area (Å²) in [6.45, 7) is 12.5. The number of ether oxygens (including phenoxy) is 1. The molecule has 1 amide bonds. The molecule has 1 unspecified atom stereocenters. The highest BCUT2D eigenvalue weighted by molar-refractivity contribution is 6.19. The first-order valence-electron chi connectivity index (χ1n) is 7.68. The van der Waals surface area contributed by atoms with E-state index >= 15 is 0 Å². The molecule has 1 N–H and O–H groups in total. The average Bonchev–Trinajstić information content (AvgIpc) is 2.44. The van der Waals surface area contributed by atoms with Crippen molar-refractivity contribution < 1.29 is 9.53 Å². The first-order valence-corrected chi connectivity index (χ1v) is 8.22. The summed E-state index contributed by atoms with van der Waals surface area (Å²) in [5.41, 5.74) is 0.611. The molecule has 3 nitrogen and oxygen atoms in total. The van der Waals surface area contributed by atoms with E-state index in [-0.39, 0.29) is 17.4 Å². The largest absolute Gasteiger partial charge is 0.489 e. The summed E-state index contributed by atoms with van der Waals surface area (Å²) in [5.74, 6) is 1.11. The zero-order valence-electron chi connectivity index (χ0n) is 14.5. The lowest BCUT2D eigenvalue weighted by molar-refractivity contribution is -0.128. The van der Waals surface area contributed by atoms with Crippen molar-refractivity contribution in [3.8, 4) is 5.75 Å². The Hall–Kier alpha value is -1.22. The van der Waals surface area contributed by atoms with Gasteiger partial charge in [0.15, 0.2) is 0 Å². The van der Waals surface area contributed by atoms with Crippen molar-refractivity contribution in [3.05, 3.63) is 29.8 Å². The Labute approximate surface area is 139 Å². The molecule has 22 heavy (non-hydrogen) atoms. The lowest BCUT2D eigenvalue weighted by Crippen LogP contribution is -2.42. The van der Waals surface area contributed by atoms with Crippen molar-refractivity contribution in [2.75, 3.05) is 12.4 Å². The van der Waals surface area contributed by atoms with E-state index in [0.29, 0.717) is 12.4 Å². The van der Waals surface area contributed by atoms with Gasteiger partial charge >= 0.3 is 0 Å². The van der Waals surface area contributed by atoms with Crippen LogP contribution in [0.1, 0.15) is 47.1 Å². The Kier molecular flexibility index (Phi) is 6.30. The zero-order valence-corrected chi connectivity index (χ0v) is 15.3. The van der Waals surface area contributed by atoms with Crippen LogP contribution in [0.15, 0.2) is 24.3 Å². The summed E-state index contributed by atoms with van der Waals surface area (Å²) in [5, 5.41) is 2.90. The molecule has 0 radical (unpaired) electrons. The summed E-state index contributed by atoms with van der Waals surface area (Å²) in [6, 6.07) is 8.04. The summed E-state index contributed by atoms with van der Waals surface area (Å²) >= 11 is 5.81. The van der Waals surface area contributed by atoms with Crippen molar-refractivity contribution in [2.24, 2.45) is 5.41 Å². The fourth-order valence-electron chi connectivity index (χ4n) is 1.98. The average molecular weight is 326 g/mol. The van der Waals surface area contributed by atoms with Crippen LogP contribution in [-0.2, 0) is 10.2 Å². The minimum Gasteiger partial charge on any atom is -0.489 e. The van der Waals surface area contributed by atoms with Gasteiger partial charge in [-0.25, -0.2) is 0 Å². The van der Waals surface area contributed by atoms with Crippen LogP contribution in [0.5, 0.6) is 5.75 Å². The molecule has 0 fully saturated rings. The third kappa shape index (κ3) is 5.20. The minimum absolute atomic E-state index is 0.0141. The van der Waals surface area contributed by atoms with Crippen LogP contribution < -0.4 is 10.1 Å². The number of carbonyl (C=O) groups excluding carboxylic acids is 1. The first kappa shape index (κ1) is 18.8. The Bertz CT molecular complexity index is 506. The highest BCUT2D eigenvalue weighted by atomic mass is 35.5. The summed E-state index contributed by atoms with van der Waals surface area (Å²) in [7, 11) is 0. The Morgan fingerprint density at radius 1 is 1.23 bits per heavy atom. The van der Waals surface area contributed by atoms with Gasteiger partial charge in [0.25, 0.3) is 0 Å². The zero-order chi connectivity index (χ0) is 17.0. The molecule has 0 aliphatic heterocycles. The third-order valence-electron chi connectivity index (χ3n) is 3.52. The standard InChI is InChI=1S/C18H28ClNO2/c1-13(11-20-16(21)18(5,6)12-19)22-15-10-8-7-9-14(15)17(2,3)4/h7-10,13H,11-12H2,1-6H3,(H,20,21). The fraction of sp³-hybridized carbons (Fsp3) is 0.611. The van der Waals surface area contributed by atoms with Crippen LogP contribution in [0.25, 0.3) is 0 Å². The fourth-order valence-corrected chi connectivity index (χ4v) is 2.11. The maximum atomic E-state index is 12.0. The van der Waals surface area contributed by atoms with Crippen LogP contribution in [0, 0.1) is 5.41 Å². The molecule has 0 heterocycles. The number of rotatable bonds is 6. The highest BCUT2D eigenvalue weighted by Crippen LogP contribution is 2.31. The summed E-state index contributed by atoms with van der Waals surface area (Å²) in [6.07, 6.45) is -0.112. The van der Waals surface area contributed by atoms with Crippen molar-refractivity contribution in [1.82, 2.24) is 5.32 Å². The van der Waals surface area contributed by atoms with E-state index in [1.807, 2.05) is 39.0 Å². The molecule has 0 bridgehead atoms. The lowest BCUT2D eigenvalue weighted by atomic mass is 9.86. The molecule has 0 saturated carbocycles. The van der Waals surface area contributed by atoms with Gasteiger partial charge in [0.1, 0.15) is 11.9 Å². The van der Waals surface area contributed by atoms with Gasteiger partial charge in [0.05, 0.1) is 12.0 Å². The smallest absolute Gasteiger partial charge is 0.226 e. The summed E-state index contributed by atoms with van der Waals surface area (Å²) in [4.78, 5) is 12.0. The molecular formula is C18H28ClNO2. The van der Waals surface area contributed by atoms with E-state index in [0.717, 1.165) is 11.3 Å². The number of hydrogen-bond donors (Lipinski definition) is 1. The third-order valence-corrected chi connectivity index (χ3v) is 4.19. The van der Waals surface area contributed by atoms with Gasteiger partial charge in [0, 0.05) is 5.88 Å². The van der Waals surface area contributed by atoms with Crippen molar-refractivity contribution in [2.45, 2.75) is 53.1 Å². The predicted molar refractivity (Wildman–Crippen MR) is 92.7 cm³/mol. The monoisotopic (exact) mass is 325 g/mol. The maximum Gasteiger partial charge on any atom is 0.226 e. The van der Waals surface area contributed by atoms with Crippen LogP contribution in [0.2, 0.25) is 0 Å². The van der Waals surface area contributed by atoms with Crippen molar-refractivity contribution >= 4 is 17.5 Å². The number of carbonyl (C=O) groups is 1. The topological polar surface area (TPSA) is 38.3 Å². The summed E-state index contributed by atoms with van der Waals surface area (Å²) < 4.78 is 6.02. The van der Waals surface area contributed by atoms with E-state index in [4.69, 9.17) is 16.3 Å². The first-order chi connectivity index (χ1) is 10.1. The molecule has 0 aromatic heterocycles. The quantitative estimate of drug-likeness (QED) is 0.798. The molecule has 0 aliphatic carbocycles. The van der Waals surface area contributed by atoms with Gasteiger partial charge < -0.3 is 10.1 Å². The number of para-hydroxylation sites is 1. The molecule has 0 saturated heterocycles. The molecule has 1 aromatic carbocycles. The molecule has 1 aromatic rings. The second kappa shape index (κ2) is 7.36. The maximum absolute atomic E-state index is 12.0. The van der Waals surface area contributed by atoms with E-state index in [9.17, 15) is 4.79 Å². The van der Waals surface area contributed by atoms with Gasteiger partial charge in [0.2, 0.25) is 5.91 Å². The Morgan fingerprint density at radius 2 is 1.82 bits per heavy atom. The van der Waals surface area contributed by atoms with E-state index < -0.39 is 5.41 Å². The van der Waals surface area contributed by atoms with Gasteiger partial charge in [-0.15, -0.1) is 11.6 Å². The van der Waals surface area contributed by atoms with Gasteiger partial charge in [-0.2, -0.15) is 0 Å². The highest BCUT2D eigenvalue weighted by Gasteiger charge is 2.26. The van der Waals surface area contributed by atoms with Crippen LogP contribution in [-0.4, -0.2) is 24.4 Å². The van der Waals surface area contributed by atoms with Crippen LogP contribution in [0.4, 0.5) is 0 Å². The lowest BCUT2D eigenvalue weighted by Gasteiger charge is -2.26. The molecule has 0 aliphatic rings. The van der Waals surface area contributed by atoms with Crippen molar-refractivity contribution in [1.29, 1.82) is 0 Å². The Balaban J connectivity index is 2.67. The Morgan fingerprint density at radius 3 is 2.36 bits per heavy atom. The molecular weight excluding hydrogens is 298 g/mol. The number of halogens is 1. The second-order valence-electron chi connectivity index (χ2n) is 7.40. The molecule has 124 valence electrons. The molecule has 1 rings (SSSR count). The van der Waals surface area contributed by atoms with Gasteiger partial charge in [-0.1, -0.05) is 39.0 Å². The predicted octanol–water partition coefficient (Wildman–Crippen LogP) is 4.13. The van der Waals surface area contributed by atoms with Crippen LogP contribution in [0.3, 0.4) is 0 Å². The van der Waals surface area contributed by atoms with E-state index in [2.05, 4.69) is 32.2 Å². The number of alkyl halides is 1. The molecule has 4 heteroatoms. The number of nitrogens with one attached hydrogen (secondary N) is 1. The van der Waals surface area contributed by atoms with Gasteiger partial charge in [-0.3, -0.25) is 4.79 Å². The molecule has 0 spiro atoms. The van der Waals surface area contributed by atoms with Crippen molar-refractivity contribution in [3.63, 3.8) is 0 Å². The number of hydrogen-bond acceptors (Lipinski definition) is 2. The second-order valence-corrected chi connectivity index (χ2v) is 7.67. The number of benzene rings is 1. The normalized spacial score (nSPS) is 13.6. The van der Waals surface area contributed by atoms with Gasteiger partial charge in [-0.05, 0) is 37.8 Å². The van der Waals surface area contributed by atoms with Crippen LogP contribution >= 0.6 is 11.6 Å². The van der Waals surface area contributed by atoms with E-state index in [1.165, 1.54) is 0 Å². The minimum atomic E-state index is -0.565. The van der Waals surface area contributed by atoms with E-state index in [1.54, 1.807) is 0 Å². The number of amides is 1.